The molecule has 4 aromatic carbocycles. The Bertz CT molecular complexity index is 1460. The average molecular weight is 543 g/mol. The molecule has 2 aliphatic carbocycles. The summed E-state index contributed by atoms with van der Waals surface area (Å²) in [4.78, 5) is 0. The third kappa shape index (κ3) is 5.91. The fraction of sp³-hybridized carbons (Fsp3) is 0.111. The average Bonchev–Trinajstić information content (AvgIpc) is 3.01. The fourth-order valence-electron chi connectivity index (χ4n) is 5.19. The van der Waals surface area contributed by atoms with E-state index in [9.17, 15) is 0 Å². The van der Waals surface area contributed by atoms with Gasteiger partial charge in [-0.25, -0.2) is 0 Å². The van der Waals surface area contributed by atoms with Gasteiger partial charge in [-0.05, 0) is 56.0 Å². The monoisotopic (exact) mass is 542 g/mol. The number of para-hydroxylation sites is 1. The van der Waals surface area contributed by atoms with Crippen molar-refractivity contribution in [1.82, 2.24) is 0 Å². The Morgan fingerprint density at radius 2 is 1.18 bits per heavy atom. The van der Waals surface area contributed by atoms with Crippen LogP contribution in [0.4, 0.5) is 0 Å². The molecular formula is C36H32OP2. The number of hydrogen-bond donors (Lipinski definition) is 0. The van der Waals surface area contributed by atoms with E-state index in [-0.39, 0.29) is 6.10 Å². The van der Waals surface area contributed by atoms with Gasteiger partial charge in [0.1, 0.15) is 11.9 Å². The van der Waals surface area contributed by atoms with Crippen LogP contribution in [0.2, 0.25) is 0 Å². The molecular weight excluding hydrogens is 510 g/mol. The van der Waals surface area contributed by atoms with Gasteiger partial charge >= 0.3 is 0 Å². The summed E-state index contributed by atoms with van der Waals surface area (Å²) in [6.07, 6.45) is 17.0. The molecule has 2 aliphatic rings. The van der Waals surface area contributed by atoms with Crippen LogP contribution in [0.5, 0.6) is 5.75 Å². The predicted octanol–water partition coefficient (Wildman–Crippen LogP) is 8.08. The van der Waals surface area contributed by atoms with E-state index in [0.29, 0.717) is 0 Å². The molecule has 0 fully saturated rings. The van der Waals surface area contributed by atoms with Crippen LogP contribution < -0.4 is 26.0 Å². The molecule has 0 amide bonds. The topological polar surface area (TPSA) is 9.23 Å². The van der Waals surface area contributed by atoms with Crippen molar-refractivity contribution in [3.8, 4) is 5.75 Å². The van der Waals surface area contributed by atoms with Crippen LogP contribution in [-0.4, -0.2) is 6.10 Å². The van der Waals surface area contributed by atoms with Crippen molar-refractivity contribution < 1.29 is 4.74 Å². The van der Waals surface area contributed by atoms with E-state index in [4.69, 9.17) is 4.74 Å². The van der Waals surface area contributed by atoms with Gasteiger partial charge in [-0.15, -0.1) is 0 Å². The SMILES string of the molecule is C1=CCC(Oc2ccccc2P(c2ccccc2)c2ccccc2)C(P(C2=CCCC=C2)c2ccccc2)=C1. The molecule has 4 aromatic rings. The largest absolute Gasteiger partial charge is 0.485 e. The number of ether oxygens (including phenoxy) is 1. The van der Waals surface area contributed by atoms with Crippen LogP contribution in [0.3, 0.4) is 0 Å². The van der Waals surface area contributed by atoms with Crippen LogP contribution in [0, 0.1) is 0 Å². The number of benzene rings is 4. The lowest BCUT2D eigenvalue weighted by Gasteiger charge is -2.32. The molecule has 2 unspecified atom stereocenters. The van der Waals surface area contributed by atoms with E-state index in [1.54, 1.807) is 0 Å². The Hall–Kier alpha value is -3.50. The minimum absolute atomic E-state index is 0.0120. The first kappa shape index (κ1) is 25.8. The molecule has 0 saturated carbocycles. The molecule has 2 atom stereocenters. The van der Waals surface area contributed by atoms with Gasteiger partial charge in [-0.1, -0.05) is 146 Å². The van der Waals surface area contributed by atoms with E-state index >= 15 is 0 Å². The smallest absolute Gasteiger partial charge is 0.128 e. The van der Waals surface area contributed by atoms with Crippen molar-refractivity contribution in [2.75, 3.05) is 0 Å². The Morgan fingerprint density at radius 1 is 0.590 bits per heavy atom. The molecule has 0 N–H and O–H groups in total. The minimum atomic E-state index is -0.759. The molecule has 0 heterocycles. The molecule has 0 bridgehead atoms. The molecule has 0 spiro atoms. The molecule has 0 aromatic heterocycles. The van der Waals surface area contributed by atoms with E-state index in [0.717, 1.165) is 25.0 Å². The van der Waals surface area contributed by atoms with Gasteiger partial charge in [0.15, 0.2) is 0 Å². The van der Waals surface area contributed by atoms with E-state index in [1.807, 2.05) is 0 Å². The van der Waals surface area contributed by atoms with Crippen molar-refractivity contribution in [3.05, 3.63) is 162 Å². The first-order valence-electron chi connectivity index (χ1n) is 13.6. The summed E-state index contributed by atoms with van der Waals surface area (Å²) >= 11 is 0. The summed E-state index contributed by atoms with van der Waals surface area (Å²) in [7, 11) is -1.43. The zero-order valence-electron chi connectivity index (χ0n) is 21.9. The molecule has 6 rings (SSSR count). The van der Waals surface area contributed by atoms with Crippen molar-refractivity contribution in [3.63, 3.8) is 0 Å². The Balaban J connectivity index is 1.40. The van der Waals surface area contributed by atoms with Crippen molar-refractivity contribution in [2.45, 2.75) is 25.4 Å². The highest BCUT2D eigenvalue weighted by atomic mass is 31.1. The van der Waals surface area contributed by atoms with Gasteiger partial charge in [0.05, 0.1) is 0 Å². The zero-order chi connectivity index (χ0) is 26.3. The van der Waals surface area contributed by atoms with E-state index in [2.05, 4.69) is 152 Å². The fourth-order valence-corrected chi connectivity index (χ4v) is 10.2. The minimum Gasteiger partial charge on any atom is -0.485 e. The zero-order valence-corrected chi connectivity index (χ0v) is 23.7. The highest BCUT2D eigenvalue weighted by molar-refractivity contribution is 7.80. The maximum Gasteiger partial charge on any atom is 0.128 e. The molecule has 192 valence electrons. The van der Waals surface area contributed by atoms with Crippen LogP contribution in [0.1, 0.15) is 19.3 Å². The van der Waals surface area contributed by atoms with Crippen molar-refractivity contribution >= 4 is 37.1 Å². The van der Waals surface area contributed by atoms with Gasteiger partial charge in [-0.3, -0.25) is 0 Å². The molecule has 39 heavy (non-hydrogen) atoms. The quantitative estimate of drug-likeness (QED) is 0.205. The second-order valence-electron chi connectivity index (χ2n) is 9.62. The van der Waals surface area contributed by atoms with Crippen LogP contribution in [0.25, 0.3) is 0 Å². The van der Waals surface area contributed by atoms with Crippen molar-refractivity contribution in [2.24, 2.45) is 0 Å². The first-order chi connectivity index (χ1) is 19.4. The first-order valence-corrected chi connectivity index (χ1v) is 16.3. The second-order valence-corrected chi connectivity index (χ2v) is 14.0. The summed E-state index contributed by atoms with van der Waals surface area (Å²) in [5.41, 5.74) is 0. The summed E-state index contributed by atoms with van der Waals surface area (Å²) < 4.78 is 7.08. The van der Waals surface area contributed by atoms with Crippen LogP contribution >= 0.6 is 15.8 Å². The normalized spacial score (nSPS) is 17.4. The standard InChI is InChI=1S/C36H32OP2/c1-5-17-29(18-6-1)38(30-19-7-2-8-20-30)35-27-15-13-25-33(35)37-34-26-14-16-28-36(34)39(31-21-9-3-10-22-31)32-23-11-4-12-24-32/h1-3,5-11,13-25,27-28,34H,4,12,26H2. The maximum atomic E-state index is 7.08. The van der Waals surface area contributed by atoms with Gasteiger partial charge in [0.2, 0.25) is 0 Å². The number of hydrogen-bond acceptors (Lipinski definition) is 1. The maximum absolute atomic E-state index is 7.08. The van der Waals surface area contributed by atoms with Crippen molar-refractivity contribution in [1.29, 1.82) is 0 Å². The molecule has 1 nitrogen and oxygen atoms in total. The van der Waals surface area contributed by atoms with Gasteiger partial charge in [0, 0.05) is 17.0 Å². The van der Waals surface area contributed by atoms with Crippen LogP contribution in [-0.2, 0) is 0 Å². The Labute approximate surface area is 234 Å². The third-order valence-corrected chi connectivity index (χ3v) is 12.1. The van der Waals surface area contributed by atoms with Gasteiger partial charge in [0.25, 0.3) is 0 Å². The molecule has 0 saturated heterocycles. The second kappa shape index (κ2) is 12.6. The Kier molecular flexibility index (Phi) is 8.30. The number of rotatable bonds is 8. The molecule has 0 aliphatic heterocycles. The molecule has 0 radical (unpaired) electrons. The van der Waals surface area contributed by atoms with Gasteiger partial charge in [-0.2, -0.15) is 0 Å². The lowest BCUT2D eigenvalue weighted by Crippen LogP contribution is -2.27. The highest BCUT2D eigenvalue weighted by Crippen LogP contribution is 2.56. The van der Waals surface area contributed by atoms with Gasteiger partial charge < -0.3 is 4.74 Å². The summed E-state index contributed by atoms with van der Waals surface area (Å²) in [6, 6.07) is 41.4. The summed E-state index contributed by atoms with van der Waals surface area (Å²) in [5.74, 6) is 0.985. The predicted molar refractivity (Wildman–Crippen MR) is 171 cm³/mol. The number of allylic oxidation sites excluding steroid dienone is 6. The molecule has 3 heteroatoms. The van der Waals surface area contributed by atoms with Crippen LogP contribution in [0.15, 0.2) is 162 Å². The third-order valence-electron chi connectivity index (χ3n) is 6.99. The highest BCUT2D eigenvalue weighted by Gasteiger charge is 2.30. The Morgan fingerprint density at radius 3 is 1.79 bits per heavy atom. The van der Waals surface area contributed by atoms with E-state index in [1.165, 1.54) is 31.8 Å². The lowest BCUT2D eigenvalue weighted by molar-refractivity contribution is 0.249. The van der Waals surface area contributed by atoms with E-state index < -0.39 is 15.8 Å². The summed E-state index contributed by atoms with van der Waals surface area (Å²) in [6.45, 7) is 0. The summed E-state index contributed by atoms with van der Waals surface area (Å²) in [5, 5.41) is 8.12. The lowest BCUT2D eigenvalue weighted by atomic mass is 10.1.